The molecule has 0 aromatic heterocycles. The maximum atomic E-state index is 12.6. The summed E-state index contributed by atoms with van der Waals surface area (Å²) in [6, 6.07) is 0.735. The molecule has 0 radical (unpaired) electrons. The molecule has 2 atom stereocenters. The van der Waals surface area contributed by atoms with Crippen LogP contribution >= 0.6 is 0 Å². The Kier molecular flexibility index (Phi) is 4.61. The molecule has 3 saturated heterocycles. The quantitative estimate of drug-likeness (QED) is 0.828. The average molecular weight is 279 g/mol. The second kappa shape index (κ2) is 6.44. The van der Waals surface area contributed by atoms with Crippen LogP contribution in [0.3, 0.4) is 0 Å². The second-order valence-corrected chi connectivity index (χ2v) is 6.90. The zero-order chi connectivity index (χ0) is 13.9. The number of amides is 1. The summed E-state index contributed by atoms with van der Waals surface area (Å²) in [5.41, 5.74) is 0. The largest absolute Gasteiger partial charge is 0.342 e. The summed E-state index contributed by atoms with van der Waals surface area (Å²) >= 11 is 0. The normalized spacial score (nSPS) is 33.5. The maximum absolute atomic E-state index is 12.6. The number of likely N-dealkylation sites (tertiary alicyclic amines) is 2. The first-order valence-corrected chi connectivity index (χ1v) is 8.49. The number of piperidine rings is 2. The van der Waals surface area contributed by atoms with Crippen molar-refractivity contribution in [3.8, 4) is 0 Å². The number of hydrogen-bond donors (Lipinski definition) is 1. The molecule has 3 rings (SSSR count). The minimum atomic E-state index is 0.224. The Bertz CT molecular complexity index is 333. The Labute approximate surface area is 122 Å². The summed E-state index contributed by atoms with van der Waals surface area (Å²) in [5.74, 6) is 1.13. The van der Waals surface area contributed by atoms with E-state index in [9.17, 15) is 4.79 Å². The fourth-order valence-electron chi connectivity index (χ4n) is 4.11. The Hall–Kier alpha value is -0.610. The highest BCUT2D eigenvalue weighted by molar-refractivity contribution is 5.79. The lowest BCUT2D eigenvalue weighted by atomic mass is 9.94. The molecule has 0 saturated carbocycles. The highest BCUT2D eigenvalue weighted by atomic mass is 16.2. The molecule has 3 fully saturated rings. The van der Waals surface area contributed by atoms with E-state index in [1.165, 1.54) is 45.2 Å². The van der Waals surface area contributed by atoms with Gasteiger partial charge in [-0.2, -0.15) is 0 Å². The number of rotatable bonds is 2. The predicted octanol–water partition coefficient (Wildman–Crippen LogP) is 1.32. The SMILES string of the molecule is CC1CNCC1C(=O)N1CCC(N2CCCCC2)CC1. The first kappa shape index (κ1) is 14.3. The Balaban J connectivity index is 1.49. The summed E-state index contributed by atoms with van der Waals surface area (Å²) in [5, 5.41) is 3.35. The van der Waals surface area contributed by atoms with Crippen LogP contribution in [0.25, 0.3) is 0 Å². The Morgan fingerprint density at radius 1 is 1.00 bits per heavy atom. The molecule has 1 N–H and O–H groups in total. The molecule has 0 aromatic carbocycles. The molecule has 114 valence electrons. The lowest BCUT2D eigenvalue weighted by Crippen LogP contribution is -2.50. The van der Waals surface area contributed by atoms with Gasteiger partial charge in [0.05, 0.1) is 5.92 Å². The summed E-state index contributed by atoms with van der Waals surface area (Å²) in [6.07, 6.45) is 6.50. The van der Waals surface area contributed by atoms with Gasteiger partial charge < -0.3 is 15.1 Å². The number of hydrogen-bond acceptors (Lipinski definition) is 3. The molecular weight excluding hydrogens is 250 g/mol. The lowest BCUT2D eigenvalue weighted by Gasteiger charge is -2.41. The molecule has 3 aliphatic heterocycles. The Morgan fingerprint density at radius 3 is 2.30 bits per heavy atom. The molecule has 0 spiro atoms. The first-order valence-electron chi connectivity index (χ1n) is 8.49. The van der Waals surface area contributed by atoms with Gasteiger partial charge in [0.2, 0.25) is 5.91 Å². The monoisotopic (exact) mass is 279 g/mol. The van der Waals surface area contributed by atoms with Gasteiger partial charge in [-0.3, -0.25) is 4.79 Å². The van der Waals surface area contributed by atoms with E-state index in [-0.39, 0.29) is 5.92 Å². The fourth-order valence-corrected chi connectivity index (χ4v) is 4.11. The number of carbonyl (C=O) groups is 1. The van der Waals surface area contributed by atoms with Gasteiger partial charge in [-0.05, 0) is 51.2 Å². The van der Waals surface area contributed by atoms with Gasteiger partial charge in [0.15, 0.2) is 0 Å². The summed E-state index contributed by atoms with van der Waals surface area (Å²) in [7, 11) is 0. The molecule has 1 amide bonds. The van der Waals surface area contributed by atoms with Crippen LogP contribution < -0.4 is 5.32 Å². The minimum Gasteiger partial charge on any atom is -0.342 e. The third kappa shape index (κ3) is 3.01. The van der Waals surface area contributed by atoms with E-state index in [2.05, 4.69) is 22.0 Å². The van der Waals surface area contributed by atoms with Crippen molar-refractivity contribution in [3.05, 3.63) is 0 Å². The highest BCUT2D eigenvalue weighted by Gasteiger charge is 2.35. The van der Waals surface area contributed by atoms with E-state index >= 15 is 0 Å². The molecule has 3 aliphatic rings. The molecule has 0 bridgehead atoms. The van der Waals surface area contributed by atoms with Crippen LogP contribution in [0, 0.1) is 11.8 Å². The van der Waals surface area contributed by atoms with Gasteiger partial charge in [0, 0.05) is 25.7 Å². The maximum Gasteiger partial charge on any atom is 0.227 e. The van der Waals surface area contributed by atoms with E-state index in [0.29, 0.717) is 11.8 Å². The van der Waals surface area contributed by atoms with Gasteiger partial charge in [-0.25, -0.2) is 0 Å². The van der Waals surface area contributed by atoms with E-state index in [0.717, 1.165) is 32.2 Å². The zero-order valence-electron chi connectivity index (χ0n) is 12.8. The summed E-state index contributed by atoms with van der Waals surface area (Å²) in [4.78, 5) is 17.4. The van der Waals surface area contributed by atoms with E-state index in [4.69, 9.17) is 0 Å². The third-order valence-corrected chi connectivity index (χ3v) is 5.52. The van der Waals surface area contributed by atoms with E-state index in [1.807, 2.05) is 0 Å². The molecular formula is C16H29N3O. The van der Waals surface area contributed by atoms with Crippen molar-refractivity contribution in [2.75, 3.05) is 39.3 Å². The van der Waals surface area contributed by atoms with Crippen LogP contribution in [0.2, 0.25) is 0 Å². The standard InChI is InChI=1S/C16H29N3O/c1-13-11-17-12-15(13)16(20)19-9-5-14(6-10-19)18-7-3-2-4-8-18/h13-15,17H,2-12H2,1H3. The number of nitrogens with one attached hydrogen (secondary N) is 1. The number of nitrogens with zero attached hydrogens (tertiary/aromatic N) is 2. The van der Waals surface area contributed by atoms with Gasteiger partial charge in [0.25, 0.3) is 0 Å². The van der Waals surface area contributed by atoms with Crippen LogP contribution in [0.5, 0.6) is 0 Å². The lowest BCUT2D eigenvalue weighted by molar-refractivity contribution is -0.137. The van der Waals surface area contributed by atoms with Crippen LogP contribution in [0.4, 0.5) is 0 Å². The van der Waals surface area contributed by atoms with Crippen LogP contribution in [0.1, 0.15) is 39.0 Å². The van der Waals surface area contributed by atoms with Crippen molar-refractivity contribution in [1.82, 2.24) is 15.1 Å². The molecule has 3 heterocycles. The van der Waals surface area contributed by atoms with E-state index < -0.39 is 0 Å². The summed E-state index contributed by atoms with van der Waals surface area (Å²) in [6.45, 7) is 8.59. The van der Waals surface area contributed by atoms with Gasteiger partial charge >= 0.3 is 0 Å². The van der Waals surface area contributed by atoms with Crippen LogP contribution in [0.15, 0.2) is 0 Å². The Morgan fingerprint density at radius 2 is 1.70 bits per heavy atom. The van der Waals surface area contributed by atoms with Crippen molar-refractivity contribution >= 4 is 5.91 Å². The molecule has 0 aromatic rings. The first-order chi connectivity index (χ1) is 9.75. The van der Waals surface area contributed by atoms with Gasteiger partial charge in [-0.1, -0.05) is 13.3 Å². The number of carbonyl (C=O) groups excluding carboxylic acids is 1. The molecule has 2 unspecified atom stereocenters. The van der Waals surface area contributed by atoms with Gasteiger partial charge in [-0.15, -0.1) is 0 Å². The van der Waals surface area contributed by atoms with Gasteiger partial charge in [0.1, 0.15) is 0 Å². The van der Waals surface area contributed by atoms with Crippen molar-refractivity contribution < 1.29 is 4.79 Å². The van der Waals surface area contributed by atoms with E-state index in [1.54, 1.807) is 0 Å². The van der Waals surface area contributed by atoms with Crippen molar-refractivity contribution in [1.29, 1.82) is 0 Å². The molecule has 4 heteroatoms. The fraction of sp³-hybridized carbons (Fsp3) is 0.938. The minimum absolute atomic E-state index is 0.224. The third-order valence-electron chi connectivity index (χ3n) is 5.52. The zero-order valence-corrected chi connectivity index (χ0v) is 12.8. The van der Waals surface area contributed by atoms with Crippen molar-refractivity contribution in [3.63, 3.8) is 0 Å². The second-order valence-electron chi connectivity index (χ2n) is 6.90. The molecule has 4 nitrogen and oxygen atoms in total. The highest BCUT2D eigenvalue weighted by Crippen LogP contribution is 2.24. The van der Waals surface area contributed by atoms with Crippen molar-refractivity contribution in [2.45, 2.75) is 45.1 Å². The average Bonchev–Trinajstić information content (AvgIpc) is 2.94. The predicted molar refractivity (Wildman–Crippen MR) is 80.5 cm³/mol. The molecule has 20 heavy (non-hydrogen) atoms. The summed E-state index contributed by atoms with van der Waals surface area (Å²) < 4.78 is 0. The molecule has 0 aliphatic carbocycles. The van der Waals surface area contributed by atoms with Crippen LogP contribution in [-0.4, -0.2) is 61.0 Å². The smallest absolute Gasteiger partial charge is 0.227 e. The topological polar surface area (TPSA) is 35.6 Å². The van der Waals surface area contributed by atoms with Crippen LogP contribution in [-0.2, 0) is 4.79 Å². The van der Waals surface area contributed by atoms with Crippen molar-refractivity contribution in [2.24, 2.45) is 11.8 Å².